The standard InChI is InChI=1S/C16H19F3N4O3/c1-8(2)26-15(25)12-13(16(17,18)19)22-23-10(7-11(24)21-14(12)23)9-3-5-20-6-4-9/h7-9,20H,3-6H2,1-2H3,(H,21,24). The van der Waals surface area contributed by atoms with Crippen LogP contribution in [-0.4, -0.2) is 39.8 Å². The zero-order valence-electron chi connectivity index (χ0n) is 14.3. The van der Waals surface area contributed by atoms with Gasteiger partial charge in [0, 0.05) is 12.0 Å². The first-order valence-electron chi connectivity index (χ1n) is 8.33. The van der Waals surface area contributed by atoms with Gasteiger partial charge in [-0.1, -0.05) is 0 Å². The van der Waals surface area contributed by atoms with E-state index in [0.717, 1.165) is 4.52 Å². The lowest BCUT2D eigenvalue weighted by Crippen LogP contribution is -2.28. The van der Waals surface area contributed by atoms with Gasteiger partial charge in [0.05, 0.1) is 11.8 Å². The summed E-state index contributed by atoms with van der Waals surface area (Å²) in [6, 6.07) is 1.24. The van der Waals surface area contributed by atoms with E-state index in [9.17, 15) is 22.8 Å². The minimum Gasteiger partial charge on any atom is -0.459 e. The molecule has 1 aliphatic rings. The number of halogens is 3. The van der Waals surface area contributed by atoms with E-state index < -0.39 is 35.1 Å². The van der Waals surface area contributed by atoms with Crippen LogP contribution in [0.4, 0.5) is 13.2 Å². The van der Waals surface area contributed by atoms with Crippen LogP contribution in [-0.2, 0) is 10.9 Å². The van der Waals surface area contributed by atoms with Crippen molar-refractivity contribution < 1.29 is 22.7 Å². The van der Waals surface area contributed by atoms with E-state index in [1.165, 1.54) is 19.9 Å². The lowest BCUT2D eigenvalue weighted by atomic mass is 9.94. The Balaban J connectivity index is 2.25. The Kier molecular flexibility index (Phi) is 4.78. The fraction of sp³-hybridized carbons (Fsp3) is 0.562. The second kappa shape index (κ2) is 6.75. The van der Waals surface area contributed by atoms with Gasteiger partial charge in [0.2, 0.25) is 0 Å². The summed E-state index contributed by atoms with van der Waals surface area (Å²) in [4.78, 5) is 26.7. The van der Waals surface area contributed by atoms with Crippen molar-refractivity contribution in [3.63, 3.8) is 0 Å². The van der Waals surface area contributed by atoms with Crippen LogP contribution in [0.25, 0.3) is 5.65 Å². The molecule has 3 rings (SSSR count). The van der Waals surface area contributed by atoms with Gasteiger partial charge in [-0.05, 0) is 39.8 Å². The molecule has 3 heterocycles. The number of alkyl halides is 3. The number of hydrogen-bond acceptors (Lipinski definition) is 5. The van der Waals surface area contributed by atoms with E-state index in [1.807, 2.05) is 0 Å². The first-order chi connectivity index (χ1) is 12.2. The van der Waals surface area contributed by atoms with Crippen LogP contribution in [0, 0.1) is 0 Å². The minimum absolute atomic E-state index is 0.129. The molecule has 0 aromatic carbocycles. The van der Waals surface area contributed by atoms with Crippen molar-refractivity contribution in [2.45, 2.75) is 44.9 Å². The van der Waals surface area contributed by atoms with Crippen molar-refractivity contribution in [3.05, 3.63) is 33.4 Å². The zero-order valence-corrected chi connectivity index (χ0v) is 14.3. The van der Waals surface area contributed by atoms with Gasteiger partial charge in [0.15, 0.2) is 11.3 Å². The average Bonchev–Trinajstić information content (AvgIpc) is 2.94. The summed E-state index contributed by atoms with van der Waals surface area (Å²) in [7, 11) is 0. The Morgan fingerprint density at radius 1 is 1.35 bits per heavy atom. The van der Waals surface area contributed by atoms with Crippen molar-refractivity contribution in [2.24, 2.45) is 0 Å². The van der Waals surface area contributed by atoms with Crippen LogP contribution in [0.2, 0.25) is 0 Å². The van der Waals surface area contributed by atoms with E-state index in [1.54, 1.807) is 0 Å². The average molecular weight is 372 g/mol. The van der Waals surface area contributed by atoms with Crippen LogP contribution in [0.15, 0.2) is 10.9 Å². The Morgan fingerprint density at radius 3 is 2.58 bits per heavy atom. The first-order valence-corrected chi connectivity index (χ1v) is 8.33. The van der Waals surface area contributed by atoms with Crippen LogP contribution in [0.1, 0.15) is 54.4 Å². The summed E-state index contributed by atoms with van der Waals surface area (Å²) in [5.74, 6) is -1.29. The number of esters is 1. The van der Waals surface area contributed by atoms with Crippen LogP contribution < -0.4 is 10.9 Å². The molecule has 7 nitrogen and oxygen atoms in total. The normalized spacial score (nSPS) is 16.4. The summed E-state index contributed by atoms with van der Waals surface area (Å²) in [6.07, 6.45) is -4.16. The first kappa shape index (κ1) is 18.4. The highest BCUT2D eigenvalue weighted by atomic mass is 19.4. The zero-order chi connectivity index (χ0) is 19.1. The highest BCUT2D eigenvalue weighted by Crippen LogP contribution is 2.34. The number of hydrogen-bond donors (Lipinski definition) is 2. The van der Waals surface area contributed by atoms with Crippen molar-refractivity contribution in [2.75, 3.05) is 13.1 Å². The molecule has 1 fully saturated rings. The molecule has 26 heavy (non-hydrogen) atoms. The largest absolute Gasteiger partial charge is 0.459 e. The fourth-order valence-corrected chi connectivity index (χ4v) is 3.14. The quantitative estimate of drug-likeness (QED) is 0.806. The number of H-pyrrole nitrogens is 1. The van der Waals surface area contributed by atoms with Crippen LogP contribution in [0.3, 0.4) is 0 Å². The van der Waals surface area contributed by atoms with Gasteiger partial charge in [-0.3, -0.25) is 4.79 Å². The van der Waals surface area contributed by atoms with E-state index in [4.69, 9.17) is 4.74 Å². The molecule has 0 bridgehead atoms. The van der Waals surface area contributed by atoms with Crippen molar-refractivity contribution in [1.82, 2.24) is 19.9 Å². The van der Waals surface area contributed by atoms with Crippen LogP contribution in [0.5, 0.6) is 0 Å². The molecule has 142 valence electrons. The van der Waals surface area contributed by atoms with Crippen molar-refractivity contribution in [1.29, 1.82) is 0 Å². The Hall–Kier alpha value is -2.36. The molecule has 0 unspecified atom stereocenters. The number of nitrogens with zero attached hydrogens (tertiary/aromatic N) is 2. The maximum atomic E-state index is 13.5. The summed E-state index contributed by atoms with van der Waals surface area (Å²) >= 11 is 0. The SMILES string of the molecule is CC(C)OC(=O)c1c(C(F)(F)F)nn2c(C3CCNCC3)cc(=O)[nH]c12. The third-order valence-electron chi connectivity index (χ3n) is 4.22. The predicted octanol–water partition coefficient (Wildman–Crippen LogP) is 2.07. The third-order valence-corrected chi connectivity index (χ3v) is 4.22. The van der Waals surface area contributed by atoms with Gasteiger partial charge >= 0.3 is 12.1 Å². The van der Waals surface area contributed by atoms with Gasteiger partial charge in [-0.25, -0.2) is 9.31 Å². The van der Waals surface area contributed by atoms with Gasteiger partial charge < -0.3 is 15.0 Å². The highest BCUT2D eigenvalue weighted by molar-refractivity contribution is 5.97. The van der Waals surface area contributed by atoms with E-state index in [0.29, 0.717) is 31.6 Å². The Bertz CT molecular complexity index is 879. The number of rotatable bonds is 3. The number of carbonyl (C=O) groups excluding carboxylic acids is 1. The molecule has 0 atom stereocenters. The Morgan fingerprint density at radius 2 is 2.00 bits per heavy atom. The van der Waals surface area contributed by atoms with Gasteiger partial charge in [0.1, 0.15) is 5.56 Å². The molecule has 10 heteroatoms. The van der Waals surface area contributed by atoms with Crippen molar-refractivity contribution >= 4 is 11.6 Å². The van der Waals surface area contributed by atoms with Gasteiger partial charge in [-0.15, -0.1) is 0 Å². The van der Waals surface area contributed by atoms with Gasteiger partial charge in [-0.2, -0.15) is 18.3 Å². The molecule has 2 aromatic heterocycles. The number of nitrogens with one attached hydrogen (secondary N) is 2. The maximum Gasteiger partial charge on any atom is 0.436 e. The summed E-state index contributed by atoms with van der Waals surface area (Å²) in [5.41, 5.74) is -2.64. The molecule has 0 amide bonds. The van der Waals surface area contributed by atoms with Gasteiger partial charge in [0.25, 0.3) is 5.56 Å². The number of aromatic nitrogens is 3. The molecule has 0 spiro atoms. The van der Waals surface area contributed by atoms with Crippen molar-refractivity contribution in [3.8, 4) is 0 Å². The molecule has 0 aliphatic carbocycles. The lowest BCUT2D eigenvalue weighted by molar-refractivity contribution is -0.141. The molecule has 1 aliphatic heterocycles. The fourth-order valence-electron chi connectivity index (χ4n) is 3.14. The van der Waals surface area contributed by atoms with Crippen LogP contribution >= 0.6 is 0 Å². The number of piperidine rings is 1. The second-order valence-corrected chi connectivity index (χ2v) is 6.52. The molecule has 1 saturated heterocycles. The summed E-state index contributed by atoms with van der Waals surface area (Å²) in [5, 5.41) is 6.79. The number of aromatic amines is 1. The smallest absolute Gasteiger partial charge is 0.436 e. The molecular formula is C16H19F3N4O3. The molecular weight excluding hydrogens is 353 g/mol. The lowest BCUT2D eigenvalue weighted by Gasteiger charge is -2.23. The Labute approximate surface area is 146 Å². The maximum absolute atomic E-state index is 13.5. The number of ether oxygens (including phenoxy) is 1. The monoisotopic (exact) mass is 372 g/mol. The number of carbonyl (C=O) groups is 1. The molecule has 0 saturated carbocycles. The van der Waals surface area contributed by atoms with E-state index >= 15 is 0 Å². The molecule has 2 aromatic rings. The highest BCUT2D eigenvalue weighted by Gasteiger charge is 2.42. The predicted molar refractivity (Wildman–Crippen MR) is 86.2 cm³/mol. The van der Waals surface area contributed by atoms with E-state index in [-0.39, 0.29) is 11.6 Å². The topological polar surface area (TPSA) is 88.5 Å². The third kappa shape index (κ3) is 3.46. The molecule has 2 N–H and O–H groups in total. The number of fused-ring (bicyclic) bond motifs is 1. The summed E-state index contributed by atoms with van der Waals surface area (Å²) < 4.78 is 46.4. The molecule has 0 radical (unpaired) electrons. The van der Waals surface area contributed by atoms with E-state index in [2.05, 4.69) is 15.4 Å². The second-order valence-electron chi connectivity index (χ2n) is 6.52. The minimum atomic E-state index is -4.86. The summed E-state index contributed by atoms with van der Waals surface area (Å²) in [6.45, 7) is 4.43.